The number of carbonyl (C=O) groups is 1. The Balaban J connectivity index is 1.87. The Kier molecular flexibility index (Phi) is 4.77. The van der Waals surface area contributed by atoms with Gasteiger partial charge in [-0.2, -0.15) is 0 Å². The summed E-state index contributed by atoms with van der Waals surface area (Å²) in [4.78, 5) is 11.9. The standard InChI is InChI=1S/C17H20N2O/c1-2-13-7-10-15(11-8-13)19-17(20)12-9-14-5-3-4-6-16(14)18/h3-8,10-11H,2,9,12,18H2,1H3,(H,19,20). The predicted octanol–water partition coefficient (Wildman–Crippen LogP) is 3.40. The van der Waals surface area contributed by atoms with Crippen molar-refractivity contribution < 1.29 is 4.79 Å². The minimum Gasteiger partial charge on any atom is -0.399 e. The lowest BCUT2D eigenvalue weighted by Gasteiger charge is -2.07. The average molecular weight is 268 g/mol. The van der Waals surface area contributed by atoms with Crippen LogP contribution in [0.1, 0.15) is 24.5 Å². The Hall–Kier alpha value is -2.29. The average Bonchev–Trinajstić information content (AvgIpc) is 2.47. The van der Waals surface area contributed by atoms with Crippen molar-refractivity contribution in [2.45, 2.75) is 26.2 Å². The van der Waals surface area contributed by atoms with Gasteiger partial charge >= 0.3 is 0 Å². The van der Waals surface area contributed by atoms with Crippen molar-refractivity contribution in [3.05, 3.63) is 59.7 Å². The molecule has 2 rings (SSSR count). The van der Waals surface area contributed by atoms with Gasteiger partial charge in [0.2, 0.25) is 5.91 Å². The second kappa shape index (κ2) is 6.75. The fraction of sp³-hybridized carbons (Fsp3) is 0.235. The zero-order valence-corrected chi connectivity index (χ0v) is 11.7. The van der Waals surface area contributed by atoms with Crippen molar-refractivity contribution >= 4 is 17.3 Å². The van der Waals surface area contributed by atoms with Crippen LogP contribution in [0.5, 0.6) is 0 Å². The zero-order chi connectivity index (χ0) is 14.4. The third-order valence-electron chi connectivity index (χ3n) is 3.32. The number of nitrogens with one attached hydrogen (secondary N) is 1. The first-order valence-corrected chi connectivity index (χ1v) is 6.91. The van der Waals surface area contributed by atoms with E-state index in [2.05, 4.69) is 12.2 Å². The van der Waals surface area contributed by atoms with Crippen LogP contribution in [0.4, 0.5) is 11.4 Å². The molecule has 2 aromatic carbocycles. The summed E-state index contributed by atoms with van der Waals surface area (Å²) in [5.41, 5.74) is 9.73. The first kappa shape index (κ1) is 14.1. The summed E-state index contributed by atoms with van der Waals surface area (Å²) in [7, 11) is 0. The quantitative estimate of drug-likeness (QED) is 0.816. The van der Waals surface area contributed by atoms with E-state index in [1.165, 1.54) is 5.56 Å². The van der Waals surface area contributed by atoms with Crippen LogP contribution < -0.4 is 11.1 Å². The lowest BCUT2D eigenvalue weighted by molar-refractivity contribution is -0.116. The Labute approximate surface area is 119 Å². The molecule has 0 bridgehead atoms. The van der Waals surface area contributed by atoms with Crippen LogP contribution in [0.15, 0.2) is 48.5 Å². The van der Waals surface area contributed by atoms with E-state index in [4.69, 9.17) is 5.73 Å². The Morgan fingerprint density at radius 2 is 1.80 bits per heavy atom. The highest BCUT2D eigenvalue weighted by molar-refractivity contribution is 5.90. The minimum absolute atomic E-state index is 0.0116. The van der Waals surface area contributed by atoms with Gasteiger partial charge in [-0.25, -0.2) is 0 Å². The lowest BCUT2D eigenvalue weighted by Crippen LogP contribution is -2.12. The Morgan fingerprint density at radius 3 is 2.45 bits per heavy atom. The largest absolute Gasteiger partial charge is 0.399 e. The number of para-hydroxylation sites is 1. The maximum absolute atomic E-state index is 11.9. The molecule has 0 aliphatic heterocycles. The predicted molar refractivity (Wildman–Crippen MR) is 83.6 cm³/mol. The van der Waals surface area contributed by atoms with E-state index < -0.39 is 0 Å². The summed E-state index contributed by atoms with van der Waals surface area (Å²) < 4.78 is 0. The highest BCUT2D eigenvalue weighted by Gasteiger charge is 2.05. The summed E-state index contributed by atoms with van der Waals surface area (Å²) in [6.07, 6.45) is 2.09. The van der Waals surface area contributed by atoms with Crippen molar-refractivity contribution in [1.82, 2.24) is 0 Å². The zero-order valence-electron chi connectivity index (χ0n) is 11.7. The molecule has 2 aromatic rings. The van der Waals surface area contributed by atoms with Crippen LogP contribution in [-0.2, 0) is 17.6 Å². The number of hydrogen-bond acceptors (Lipinski definition) is 2. The molecule has 0 saturated carbocycles. The molecule has 3 nitrogen and oxygen atoms in total. The first-order chi connectivity index (χ1) is 9.69. The molecule has 0 heterocycles. The summed E-state index contributed by atoms with van der Waals surface area (Å²) >= 11 is 0. The third kappa shape index (κ3) is 3.85. The number of rotatable bonds is 5. The molecule has 0 unspecified atom stereocenters. The topological polar surface area (TPSA) is 55.1 Å². The number of nitrogen functional groups attached to an aromatic ring is 1. The van der Waals surface area contributed by atoms with Gasteiger partial charge < -0.3 is 11.1 Å². The molecule has 3 heteroatoms. The molecule has 0 atom stereocenters. The van der Waals surface area contributed by atoms with E-state index in [-0.39, 0.29) is 5.91 Å². The minimum atomic E-state index is 0.0116. The van der Waals surface area contributed by atoms with Crippen LogP contribution in [-0.4, -0.2) is 5.91 Å². The van der Waals surface area contributed by atoms with E-state index in [1.807, 2.05) is 48.5 Å². The summed E-state index contributed by atoms with van der Waals surface area (Å²) in [5.74, 6) is 0.0116. The van der Waals surface area contributed by atoms with Gasteiger partial charge in [0.1, 0.15) is 0 Å². The molecule has 0 aliphatic carbocycles. The molecule has 0 spiro atoms. The van der Waals surface area contributed by atoms with Gasteiger partial charge in [-0.15, -0.1) is 0 Å². The van der Waals surface area contributed by atoms with Gasteiger partial charge in [-0.1, -0.05) is 37.3 Å². The number of aryl methyl sites for hydroxylation is 2. The second-order valence-corrected chi connectivity index (χ2v) is 4.80. The lowest BCUT2D eigenvalue weighted by atomic mass is 10.1. The summed E-state index contributed by atoms with van der Waals surface area (Å²) in [5, 5.41) is 2.90. The van der Waals surface area contributed by atoms with Gasteiger partial charge in [0.05, 0.1) is 0 Å². The maximum Gasteiger partial charge on any atom is 0.224 e. The fourth-order valence-electron chi connectivity index (χ4n) is 2.06. The van der Waals surface area contributed by atoms with Crippen LogP contribution in [0.3, 0.4) is 0 Å². The van der Waals surface area contributed by atoms with E-state index in [0.29, 0.717) is 12.8 Å². The highest BCUT2D eigenvalue weighted by atomic mass is 16.1. The fourth-order valence-corrected chi connectivity index (χ4v) is 2.06. The SMILES string of the molecule is CCc1ccc(NC(=O)CCc2ccccc2N)cc1. The van der Waals surface area contributed by atoms with Crippen LogP contribution in [0.25, 0.3) is 0 Å². The van der Waals surface area contributed by atoms with Crippen molar-refractivity contribution in [1.29, 1.82) is 0 Å². The van der Waals surface area contributed by atoms with E-state index in [1.54, 1.807) is 0 Å². The van der Waals surface area contributed by atoms with Crippen molar-refractivity contribution in [3.8, 4) is 0 Å². The van der Waals surface area contributed by atoms with Gasteiger partial charge in [-0.3, -0.25) is 4.79 Å². The van der Waals surface area contributed by atoms with Gasteiger partial charge in [0.15, 0.2) is 0 Å². The molecular weight excluding hydrogens is 248 g/mol. The summed E-state index contributed by atoms with van der Waals surface area (Å²) in [6, 6.07) is 15.6. The van der Waals surface area contributed by atoms with E-state index >= 15 is 0 Å². The molecule has 0 aliphatic rings. The molecule has 0 aromatic heterocycles. The molecule has 0 fully saturated rings. The number of benzene rings is 2. The molecule has 104 valence electrons. The molecule has 3 N–H and O–H groups in total. The second-order valence-electron chi connectivity index (χ2n) is 4.80. The smallest absolute Gasteiger partial charge is 0.224 e. The molecule has 0 saturated heterocycles. The van der Waals surface area contributed by atoms with E-state index in [9.17, 15) is 4.79 Å². The molecular formula is C17H20N2O. The van der Waals surface area contributed by atoms with Crippen molar-refractivity contribution in [3.63, 3.8) is 0 Å². The number of hydrogen-bond donors (Lipinski definition) is 2. The highest BCUT2D eigenvalue weighted by Crippen LogP contribution is 2.14. The van der Waals surface area contributed by atoms with Gasteiger partial charge in [0.25, 0.3) is 0 Å². The third-order valence-corrected chi connectivity index (χ3v) is 3.32. The number of amides is 1. The van der Waals surface area contributed by atoms with Crippen LogP contribution in [0, 0.1) is 0 Å². The first-order valence-electron chi connectivity index (χ1n) is 6.91. The van der Waals surface area contributed by atoms with Crippen molar-refractivity contribution in [2.75, 3.05) is 11.1 Å². The number of carbonyl (C=O) groups excluding carboxylic acids is 1. The molecule has 20 heavy (non-hydrogen) atoms. The monoisotopic (exact) mass is 268 g/mol. The van der Waals surface area contributed by atoms with Crippen LogP contribution >= 0.6 is 0 Å². The maximum atomic E-state index is 11.9. The Morgan fingerprint density at radius 1 is 1.10 bits per heavy atom. The molecule has 1 amide bonds. The van der Waals surface area contributed by atoms with Crippen LogP contribution in [0.2, 0.25) is 0 Å². The summed E-state index contributed by atoms with van der Waals surface area (Å²) in [6.45, 7) is 2.11. The van der Waals surface area contributed by atoms with Gasteiger partial charge in [-0.05, 0) is 42.2 Å². The number of anilines is 2. The normalized spacial score (nSPS) is 10.2. The van der Waals surface area contributed by atoms with E-state index in [0.717, 1.165) is 23.4 Å². The Bertz CT molecular complexity index is 576. The van der Waals surface area contributed by atoms with Crippen molar-refractivity contribution in [2.24, 2.45) is 0 Å². The number of nitrogens with two attached hydrogens (primary N) is 1. The molecule has 0 radical (unpaired) electrons. The van der Waals surface area contributed by atoms with Gasteiger partial charge in [0, 0.05) is 17.8 Å².